The molecule has 0 saturated carbocycles. The van der Waals surface area contributed by atoms with Crippen molar-refractivity contribution in [1.82, 2.24) is 0 Å². The van der Waals surface area contributed by atoms with Crippen molar-refractivity contribution in [1.29, 1.82) is 0 Å². The molecule has 0 aromatic heterocycles. The lowest BCUT2D eigenvalue weighted by atomic mass is 10.3. The topological polar surface area (TPSA) is 29.1 Å². The average Bonchev–Trinajstić information content (AvgIpc) is 2.45. The molecule has 2 nitrogen and oxygen atoms in total. The van der Waals surface area contributed by atoms with Gasteiger partial charge in [-0.2, -0.15) is 0 Å². The van der Waals surface area contributed by atoms with E-state index in [0.29, 0.717) is 10.6 Å². The summed E-state index contributed by atoms with van der Waals surface area (Å²) in [4.78, 5) is 12.7. The van der Waals surface area contributed by atoms with E-state index in [2.05, 4.69) is 5.32 Å². The van der Waals surface area contributed by atoms with E-state index in [1.165, 1.54) is 48.2 Å². The molecular weight excluding hydrogens is 316 g/mol. The van der Waals surface area contributed by atoms with Gasteiger partial charge in [-0.05, 0) is 49.4 Å². The molecule has 2 rings (SSSR count). The highest BCUT2D eigenvalue weighted by Gasteiger charge is 2.15. The Morgan fingerprint density at radius 1 is 1.19 bits per heavy atom. The fraction of sp³-hybridized carbons (Fsp3) is 0.133. The summed E-state index contributed by atoms with van der Waals surface area (Å²) in [5, 5.41) is 2.30. The smallest absolute Gasteiger partial charge is 0.237 e. The summed E-state index contributed by atoms with van der Waals surface area (Å²) in [5.74, 6) is -1.09. The number of halogens is 3. The van der Waals surface area contributed by atoms with Crippen LogP contribution < -0.4 is 5.32 Å². The second kappa shape index (κ2) is 6.91. The van der Waals surface area contributed by atoms with Crippen molar-refractivity contribution in [3.63, 3.8) is 0 Å². The van der Waals surface area contributed by atoms with E-state index in [9.17, 15) is 13.6 Å². The van der Waals surface area contributed by atoms with Gasteiger partial charge in [-0.3, -0.25) is 4.79 Å². The van der Waals surface area contributed by atoms with Gasteiger partial charge in [-0.25, -0.2) is 8.78 Å². The molecule has 0 heterocycles. The zero-order valence-electron chi connectivity index (χ0n) is 11.1. The number of amides is 1. The summed E-state index contributed by atoms with van der Waals surface area (Å²) in [5.41, 5.74) is 0.519. The quantitative estimate of drug-likeness (QED) is 0.822. The molecule has 0 saturated heterocycles. The SMILES string of the molecule is C[C@H](Sc1ccc(F)c(Cl)c1)C(=O)Nc1ccc(F)cc1. The first kappa shape index (κ1) is 15.8. The molecule has 1 N–H and O–H groups in total. The summed E-state index contributed by atoms with van der Waals surface area (Å²) < 4.78 is 25.8. The van der Waals surface area contributed by atoms with Gasteiger partial charge < -0.3 is 5.32 Å². The molecule has 0 aliphatic heterocycles. The highest BCUT2D eigenvalue weighted by molar-refractivity contribution is 8.00. The first-order valence-corrected chi connectivity index (χ1v) is 7.39. The van der Waals surface area contributed by atoms with Crippen molar-refractivity contribution >= 4 is 35.0 Å². The molecule has 1 atom stereocenters. The Morgan fingerprint density at radius 3 is 2.48 bits per heavy atom. The van der Waals surface area contributed by atoms with Crippen LogP contribution in [0.2, 0.25) is 5.02 Å². The van der Waals surface area contributed by atoms with Crippen molar-refractivity contribution < 1.29 is 13.6 Å². The molecule has 0 aliphatic rings. The maximum absolute atomic E-state index is 13.1. The van der Waals surface area contributed by atoms with Crippen molar-refractivity contribution in [2.45, 2.75) is 17.1 Å². The van der Waals surface area contributed by atoms with Gasteiger partial charge in [-0.1, -0.05) is 11.6 Å². The Kier molecular flexibility index (Phi) is 5.20. The van der Waals surface area contributed by atoms with Gasteiger partial charge in [0.25, 0.3) is 0 Å². The molecule has 110 valence electrons. The monoisotopic (exact) mass is 327 g/mol. The van der Waals surface area contributed by atoms with Crippen LogP contribution in [0.1, 0.15) is 6.92 Å². The maximum Gasteiger partial charge on any atom is 0.237 e. The van der Waals surface area contributed by atoms with Crippen LogP contribution in [0.15, 0.2) is 47.4 Å². The van der Waals surface area contributed by atoms with Gasteiger partial charge in [-0.15, -0.1) is 11.8 Å². The molecule has 2 aromatic carbocycles. The summed E-state index contributed by atoms with van der Waals surface area (Å²) in [6, 6.07) is 9.81. The third-order valence-corrected chi connectivity index (χ3v) is 4.07. The number of carbonyl (C=O) groups excluding carboxylic acids is 1. The van der Waals surface area contributed by atoms with Gasteiger partial charge in [0.15, 0.2) is 0 Å². The van der Waals surface area contributed by atoms with Gasteiger partial charge >= 0.3 is 0 Å². The largest absolute Gasteiger partial charge is 0.325 e. The second-order valence-corrected chi connectivity index (χ2v) is 6.15. The van der Waals surface area contributed by atoms with Crippen LogP contribution in [0.25, 0.3) is 0 Å². The van der Waals surface area contributed by atoms with E-state index in [-0.39, 0.29) is 16.7 Å². The number of hydrogen-bond donors (Lipinski definition) is 1. The first-order valence-electron chi connectivity index (χ1n) is 6.14. The highest BCUT2D eigenvalue weighted by atomic mass is 35.5. The van der Waals surface area contributed by atoms with Crippen LogP contribution in [-0.4, -0.2) is 11.2 Å². The minimum Gasteiger partial charge on any atom is -0.325 e. The molecule has 6 heteroatoms. The molecule has 0 bridgehead atoms. The van der Waals surface area contributed by atoms with Crippen LogP contribution >= 0.6 is 23.4 Å². The van der Waals surface area contributed by atoms with Crippen molar-refractivity contribution in [2.75, 3.05) is 5.32 Å². The van der Waals surface area contributed by atoms with E-state index in [4.69, 9.17) is 11.6 Å². The molecule has 1 amide bonds. The van der Waals surface area contributed by atoms with Gasteiger partial charge in [0.1, 0.15) is 11.6 Å². The van der Waals surface area contributed by atoms with Crippen LogP contribution in [0.3, 0.4) is 0 Å². The fourth-order valence-corrected chi connectivity index (χ4v) is 2.74. The minimum atomic E-state index is -0.496. The van der Waals surface area contributed by atoms with Gasteiger partial charge in [0.2, 0.25) is 5.91 Å². The van der Waals surface area contributed by atoms with Crippen LogP contribution in [-0.2, 0) is 4.79 Å². The molecule has 2 aromatic rings. The Balaban J connectivity index is 1.98. The van der Waals surface area contributed by atoms with E-state index in [1.54, 1.807) is 13.0 Å². The van der Waals surface area contributed by atoms with Gasteiger partial charge in [0, 0.05) is 10.6 Å². The third-order valence-electron chi connectivity index (χ3n) is 2.68. The number of benzene rings is 2. The summed E-state index contributed by atoms with van der Waals surface area (Å²) in [7, 11) is 0. The predicted octanol–water partition coefficient (Wildman–Crippen LogP) is 4.74. The lowest BCUT2D eigenvalue weighted by Gasteiger charge is -2.12. The molecule has 0 fully saturated rings. The summed E-state index contributed by atoms with van der Waals surface area (Å²) >= 11 is 6.96. The number of rotatable bonds is 4. The summed E-state index contributed by atoms with van der Waals surface area (Å²) in [6.07, 6.45) is 0. The molecule has 0 unspecified atom stereocenters. The lowest BCUT2D eigenvalue weighted by Crippen LogP contribution is -2.22. The van der Waals surface area contributed by atoms with Crippen molar-refractivity contribution in [3.05, 3.63) is 59.1 Å². The average molecular weight is 328 g/mol. The zero-order valence-corrected chi connectivity index (χ0v) is 12.6. The fourth-order valence-electron chi connectivity index (χ4n) is 1.58. The molecule has 0 radical (unpaired) electrons. The normalized spacial score (nSPS) is 12.0. The minimum absolute atomic E-state index is 0.0196. The third kappa shape index (κ3) is 4.44. The maximum atomic E-state index is 13.1. The number of carbonyl (C=O) groups is 1. The zero-order chi connectivity index (χ0) is 15.4. The Bertz CT molecular complexity index is 649. The van der Waals surface area contributed by atoms with E-state index in [1.807, 2.05) is 0 Å². The number of thioether (sulfide) groups is 1. The number of nitrogens with one attached hydrogen (secondary N) is 1. The van der Waals surface area contributed by atoms with Gasteiger partial charge in [0.05, 0.1) is 10.3 Å². The lowest BCUT2D eigenvalue weighted by molar-refractivity contribution is -0.115. The molecular formula is C15H12ClF2NOS. The Labute approximate surface area is 130 Å². The summed E-state index contributed by atoms with van der Waals surface area (Å²) in [6.45, 7) is 1.72. The second-order valence-electron chi connectivity index (χ2n) is 4.33. The van der Waals surface area contributed by atoms with Crippen LogP contribution in [0.4, 0.5) is 14.5 Å². The van der Waals surface area contributed by atoms with Crippen LogP contribution in [0.5, 0.6) is 0 Å². The number of anilines is 1. The van der Waals surface area contributed by atoms with E-state index >= 15 is 0 Å². The molecule has 21 heavy (non-hydrogen) atoms. The molecule has 0 aliphatic carbocycles. The standard InChI is InChI=1S/C15H12ClF2NOS/c1-9(21-12-6-7-14(18)13(16)8-12)15(20)19-11-4-2-10(17)3-5-11/h2-9H,1H3,(H,19,20)/t9-/m0/s1. The van der Waals surface area contributed by atoms with Crippen molar-refractivity contribution in [3.8, 4) is 0 Å². The molecule has 0 spiro atoms. The highest BCUT2D eigenvalue weighted by Crippen LogP contribution is 2.28. The first-order chi connectivity index (χ1) is 9.95. The van der Waals surface area contributed by atoms with E-state index < -0.39 is 11.1 Å². The number of hydrogen-bond acceptors (Lipinski definition) is 2. The van der Waals surface area contributed by atoms with E-state index in [0.717, 1.165) is 0 Å². The van der Waals surface area contributed by atoms with Crippen molar-refractivity contribution in [2.24, 2.45) is 0 Å². The Hall–Kier alpha value is -1.59. The Morgan fingerprint density at radius 2 is 1.86 bits per heavy atom. The predicted molar refractivity (Wildman–Crippen MR) is 81.8 cm³/mol. The van der Waals surface area contributed by atoms with Crippen LogP contribution in [0, 0.1) is 11.6 Å².